The molecule has 0 saturated heterocycles. The molecule has 0 fully saturated rings. The first-order valence-corrected chi connectivity index (χ1v) is 9.32. The van der Waals surface area contributed by atoms with E-state index >= 15 is 0 Å². The number of sulfonamides is 1. The Balaban J connectivity index is 1.88. The fraction of sp³-hybridized carbons (Fsp3) is 0.176. The van der Waals surface area contributed by atoms with Crippen molar-refractivity contribution in [1.82, 2.24) is 4.72 Å². The summed E-state index contributed by atoms with van der Waals surface area (Å²) in [7, 11) is -1.20. The minimum absolute atomic E-state index is 0.0622. The molecule has 2 aromatic rings. The van der Waals surface area contributed by atoms with Crippen molar-refractivity contribution in [3.8, 4) is 11.5 Å². The number of carbonyl (C=O) groups is 2. The van der Waals surface area contributed by atoms with Gasteiger partial charge < -0.3 is 20.1 Å². The molecule has 0 aliphatic carbocycles. The van der Waals surface area contributed by atoms with Crippen LogP contribution < -0.4 is 24.8 Å². The van der Waals surface area contributed by atoms with Gasteiger partial charge in [0.1, 0.15) is 16.4 Å². The molecule has 10 heteroatoms. The van der Waals surface area contributed by atoms with E-state index in [-0.39, 0.29) is 28.7 Å². The molecule has 1 aliphatic heterocycles. The van der Waals surface area contributed by atoms with Gasteiger partial charge in [-0.1, -0.05) is 0 Å². The van der Waals surface area contributed by atoms with Crippen molar-refractivity contribution in [2.45, 2.75) is 4.90 Å². The Labute approximate surface area is 155 Å². The minimum atomic E-state index is -3.81. The smallest absolute Gasteiger partial charge is 0.262 e. The first-order chi connectivity index (χ1) is 12.8. The van der Waals surface area contributed by atoms with Crippen LogP contribution in [0.3, 0.4) is 0 Å². The third kappa shape index (κ3) is 3.86. The fourth-order valence-electron chi connectivity index (χ4n) is 2.50. The average molecular weight is 391 g/mol. The molecule has 1 heterocycles. The number of carbonyl (C=O) groups excluding carboxylic acids is 2. The predicted octanol–water partition coefficient (Wildman–Crippen LogP) is 1.19. The summed E-state index contributed by atoms with van der Waals surface area (Å²) in [5, 5.41) is 5.30. The van der Waals surface area contributed by atoms with Gasteiger partial charge in [-0.25, -0.2) is 13.1 Å². The summed E-state index contributed by atoms with van der Waals surface area (Å²) in [6.45, 7) is -0.0622. The van der Waals surface area contributed by atoms with Gasteiger partial charge in [0.15, 0.2) is 6.61 Å². The summed E-state index contributed by atoms with van der Waals surface area (Å²) in [6.07, 6.45) is 0. The molecule has 2 aromatic carbocycles. The number of hydrogen-bond acceptors (Lipinski definition) is 6. The number of fused-ring (bicyclic) bond motifs is 1. The monoisotopic (exact) mass is 391 g/mol. The van der Waals surface area contributed by atoms with Crippen molar-refractivity contribution < 1.29 is 27.5 Å². The average Bonchev–Trinajstić information content (AvgIpc) is 2.67. The highest BCUT2D eigenvalue weighted by Gasteiger charge is 2.21. The minimum Gasteiger partial charge on any atom is -0.495 e. The van der Waals surface area contributed by atoms with Gasteiger partial charge in [0.05, 0.1) is 12.8 Å². The van der Waals surface area contributed by atoms with Crippen LogP contribution in [0.1, 0.15) is 10.4 Å². The normalized spacial score (nSPS) is 13.2. The van der Waals surface area contributed by atoms with E-state index in [1.54, 1.807) is 18.2 Å². The van der Waals surface area contributed by atoms with E-state index in [0.717, 1.165) is 0 Å². The van der Waals surface area contributed by atoms with Crippen LogP contribution in [-0.4, -0.2) is 41.0 Å². The highest BCUT2D eigenvalue weighted by molar-refractivity contribution is 7.89. The van der Waals surface area contributed by atoms with Crippen molar-refractivity contribution in [1.29, 1.82) is 0 Å². The molecule has 2 amide bonds. The van der Waals surface area contributed by atoms with Crippen LogP contribution in [0.5, 0.6) is 11.5 Å². The second-order valence-corrected chi connectivity index (χ2v) is 7.43. The highest BCUT2D eigenvalue weighted by atomic mass is 32.2. The van der Waals surface area contributed by atoms with E-state index < -0.39 is 15.9 Å². The summed E-state index contributed by atoms with van der Waals surface area (Å²) in [5.41, 5.74) is 0.984. The molecular weight excluding hydrogens is 374 g/mol. The summed E-state index contributed by atoms with van der Waals surface area (Å²) < 4.78 is 36.8. The standard InChI is InChI=1S/C17H17N3O6S/c1-18-27(23,24)15-7-10(3-5-14(15)25-2)17(22)19-11-4-6-13-12(8-11)20-16(21)9-26-13/h3-8,18H,9H2,1-2H3,(H,19,22)(H,20,21). The lowest BCUT2D eigenvalue weighted by Crippen LogP contribution is -2.25. The number of ether oxygens (including phenoxy) is 2. The molecule has 0 atom stereocenters. The van der Waals surface area contributed by atoms with Crippen LogP contribution >= 0.6 is 0 Å². The van der Waals surface area contributed by atoms with E-state index in [9.17, 15) is 18.0 Å². The largest absolute Gasteiger partial charge is 0.495 e. The molecule has 3 N–H and O–H groups in total. The maximum absolute atomic E-state index is 12.5. The molecule has 0 unspecified atom stereocenters. The van der Waals surface area contributed by atoms with E-state index in [2.05, 4.69) is 15.4 Å². The van der Waals surface area contributed by atoms with Crippen LogP contribution in [0, 0.1) is 0 Å². The van der Waals surface area contributed by atoms with Crippen LogP contribution in [0.25, 0.3) is 0 Å². The number of anilines is 2. The third-order valence-electron chi connectivity index (χ3n) is 3.85. The molecule has 0 bridgehead atoms. The van der Waals surface area contributed by atoms with Crippen LogP contribution in [0.4, 0.5) is 11.4 Å². The Morgan fingerprint density at radius 3 is 2.70 bits per heavy atom. The number of hydrogen-bond donors (Lipinski definition) is 3. The first-order valence-electron chi connectivity index (χ1n) is 7.83. The van der Waals surface area contributed by atoms with E-state index in [4.69, 9.17) is 9.47 Å². The van der Waals surface area contributed by atoms with Crippen LogP contribution in [-0.2, 0) is 14.8 Å². The number of methoxy groups -OCH3 is 1. The second-order valence-electron chi connectivity index (χ2n) is 5.58. The third-order valence-corrected chi connectivity index (χ3v) is 5.29. The molecule has 3 rings (SSSR count). The molecule has 0 radical (unpaired) electrons. The van der Waals surface area contributed by atoms with Gasteiger partial charge >= 0.3 is 0 Å². The second kappa shape index (κ2) is 7.25. The van der Waals surface area contributed by atoms with Crippen LogP contribution in [0.15, 0.2) is 41.3 Å². The van der Waals surface area contributed by atoms with Gasteiger partial charge in [0.25, 0.3) is 11.8 Å². The SMILES string of the molecule is CNS(=O)(=O)c1cc(C(=O)Nc2ccc3c(c2)NC(=O)CO3)ccc1OC. The number of rotatable bonds is 5. The zero-order valence-electron chi connectivity index (χ0n) is 14.5. The quantitative estimate of drug-likeness (QED) is 0.704. The fourth-order valence-corrected chi connectivity index (χ4v) is 3.42. The van der Waals surface area contributed by atoms with Gasteiger partial charge in [-0.15, -0.1) is 0 Å². The Morgan fingerprint density at radius 1 is 1.22 bits per heavy atom. The van der Waals surface area contributed by atoms with E-state index in [0.29, 0.717) is 17.1 Å². The highest BCUT2D eigenvalue weighted by Crippen LogP contribution is 2.31. The molecule has 1 aliphatic rings. The van der Waals surface area contributed by atoms with Crippen molar-refractivity contribution in [3.63, 3.8) is 0 Å². The Hall–Kier alpha value is -3.11. The van der Waals surface area contributed by atoms with E-state index in [1.807, 2.05) is 0 Å². The molecule has 0 spiro atoms. The summed E-state index contributed by atoms with van der Waals surface area (Å²) in [6, 6.07) is 8.87. The molecule has 27 heavy (non-hydrogen) atoms. The van der Waals surface area contributed by atoms with Crippen LogP contribution in [0.2, 0.25) is 0 Å². The van der Waals surface area contributed by atoms with E-state index in [1.165, 1.54) is 32.4 Å². The summed E-state index contributed by atoms with van der Waals surface area (Å²) in [4.78, 5) is 23.8. The summed E-state index contributed by atoms with van der Waals surface area (Å²) >= 11 is 0. The van der Waals surface area contributed by atoms with Gasteiger partial charge in [-0.2, -0.15) is 0 Å². The van der Waals surface area contributed by atoms with Gasteiger partial charge in [-0.05, 0) is 43.4 Å². The van der Waals surface area contributed by atoms with Crippen molar-refractivity contribution in [3.05, 3.63) is 42.0 Å². The molecule has 9 nitrogen and oxygen atoms in total. The zero-order valence-corrected chi connectivity index (χ0v) is 15.3. The lowest BCUT2D eigenvalue weighted by molar-refractivity contribution is -0.118. The maximum Gasteiger partial charge on any atom is 0.262 e. The molecule has 0 aromatic heterocycles. The number of benzene rings is 2. The van der Waals surface area contributed by atoms with Crippen molar-refractivity contribution >= 4 is 33.2 Å². The lowest BCUT2D eigenvalue weighted by Gasteiger charge is -2.18. The van der Waals surface area contributed by atoms with Gasteiger partial charge in [-0.3, -0.25) is 9.59 Å². The van der Waals surface area contributed by atoms with Gasteiger partial charge in [0.2, 0.25) is 10.0 Å². The Kier molecular flexibility index (Phi) is 5.02. The topological polar surface area (TPSA) is 123 Å². The Morgan fingerprint density at radius 2 is 2.00 bits per heavy atom. The number of amides is 2. The first kappa shape index (κ1) is 18.7. The molecule has 0 saturated carbocycles. The zero-order chi connectivity index (χ0) is 19.6. The maximum atomic E-state index is 12.5. The lowest BCUT2D eigenvalue weighted by atomic mass is 10.2. The van der Waals surface area contributed by atoms with Gasteiger partial charge in [0, 0.05) is 11.3 Å². The van der Waals surface area contributed by atoms with Crippen molar-refractivity contribution in [2.75, 3.05) is 31.4 Å². The molecular formula is C17H17N3O6S. The predicted molar refractivity (Wildman–Crippen MR) is 97.8 cm³/mol. The van der Waals surface area contributed by atoms with Crippen molar-refractivity contribution in [2.24, 2.45) is 0 Å². The number of nitrogens with one attached hydrogen (secondary N) is 3. The molecule has 142 valence electrons. The summed E-state index contributed by atoms with van der Waals surface area (Å²) in [5.74, 6) is -0.190. The Bertz CT molecular complexity index is 1020.